The van der Waals surface area contributed by atoms with Crippen LogP contribution in [0.25, 0.3) is 10.9 Å². The molecule has 1 aromatic heterocycles. The van der Waals surface area contributed by atoms with E-state index in [0.29, 0.717) is 16.5 Å². The molecule has 1 saturated heterocycles. The highest BCUT2D eigenvalue weighted by Crippen LogP contribution is 2.32. The summed E-state index contributed by atoms with van der Waals surface area (Å²) in [6.45, 7) is 0.971. The fourth-order valence-electron chi connectivity index (χ4n) is 8.70. The van der Waals surface area contributed by atoms with E-state index in [4.69, 9.17) is 34.4 Å². The Labute approximate surface area is 457 Å². The number of hydrogen-bond acceptors (Lipinski definition) is 13. The zero-order valence-electron chi connectivity index (χ0n) is 44.0. The number of amides is 9. The molecular formula is C50H72F3N17O10. The highest BCUT2D eigenvalue weighted by atomic mass is 19.4. The van der Waals surface area contributed by atoms with E-state index in [-0.39, 0.29) is 89.3 Å². The van der Waals surface area contributed by atoms with Crippen molar-refractivity contribution in [1.82, 2.24) is 47.5 Å². The van der Waals surface area contributed by atoms with Crippen LogP contribution in [0.3, 0.4) is 0 Å². The molecule has 2 aromatic carbocycles. The summed E-state index contributed by atoms with van der Waals surface area (Å²) in [5, 5.41) is 32.9. The molecule has 1 aliphatic rings. The number of benzene rings is 2. The summed E-state index contributed by atoms with van der Waals surface area (Å²) >= 11 is 0. The minimum absolute atomic E-state index is 0.00756. The van der Waals surface area contributed by atoms with E-state index in [9.17, 15) is 61.4 Å². The first kappa shape index (κ1) is 64.0. The minimum Gasteiger partial charge on any atom is -0.376 e. The van der Waals surface area contributed by atoms with Crippen molar-refractivity contribution in [2.24, 2.45) is 44.4 Å². The number of nitrogens with two attached hydrogens (primary N) is 6. The SMILES string of the molecule is CC(=O)N[C@@H](CCCN=C(N)N)C(=O)N[C@H]1CCCNC(=O)CC[C@@H](C(N)=O)NC(O)[C@H](Cc2c[nH]c3ccccc23)NC(=O)[C@H](CCCN=C(N)N)NC(=O)[C@@H](Cc2ccccc2C(F)(F)F)NC(=O)[C@H](CCC(N)=O)NC1=O. The lowest BCUT2D eigenvalue weighted by Gasteiger charge is -2.30. The summed E-state index contributed by atoms with van der Waals surface area (Å²) in [4.78, 5) is 133. The number of nitrogens with one attached hydrogen (secondary N) is 9. The predicted octanol–water partition coefficient (Wildman–Crippen LogP) is -3.27. The monoisotopic (exact) mass is 1130 g/mol. The van der Waals surface area contributed by atoms with Crippen molar-refractivity contribution in [3.63, 3.8) is 0 Å². The van der Waals surface area contributed by atoms with Gasteiger partial charge in [-0.1, -0.05) is 36.4 Å². The van der Waals surface area contributed by atoms with Crippen molar-refractivity contribution in [2.75, 3.05) is 19.6 Å². The molecule has 0 bridgehead atoms. The standard InChI is InChI=1S/C50H72F3N17O10/c1-26(71)64-33(13-7-21-61-48(56)57)42(75)66-34-14-6-20-60-40(73)19-17-32(41(55)74)65-46(79)38(24-28-25-63-31-12-5-3-10-29(28)31)70-44(77)35(15-8-22-62-49(58)59)67-47(80)37(23-27-9-2-4-11-30(27)50(51,52)53)69-45(78)36(68-43(34)76)16-18-39(54)72/h2-5,9-12,25,32-38,46,63,65,79H,6-8,13-24H2,1H3,(H2,54,72)(H2,55,74)(H,60,73)(H,64,71)(H,66,75)(H,67,80)(H,68,76)(H,69,78)(H,70,77)(H4,56,57,61)(H4,58,59,62)/t32-,33-,34-,35-,36-,37+,38-,46?/m0/s1. The second-order valence-corrected chi connectivity index (χ2v) is 19.0. The van der Waals surface area contributed by atoms with Gasteiger partial charge < -0.3 is 81.7 Å². The summed E-state index contributed by atoms with van der Waals surface area (Å²) in [5.74, 6) is -9.07. The van der Waals surface area contributed by atoms with Crippen molar-refractivity contribution < 1.29 is 61.4 Å². The Morgan fingerprint density at radius 3 is 2.02 bits per heavy atom. The van der Waals surface area contributed by atoms with E-state index in [1.165, 1.54) is 6.07 Å². The van der Waals surface area contributed by atoms with Crippen molar-refractivity contribution >= 4 is 76.0 Å². The summed E-state index contributed by atoms with van der Waals surface area (Å²) in [6, 6.07) is 0.322. The second-order valence-electron chi connectivity index (χ2n) is 19.0. The third-order valence-corrected chi connectivity index (χ3v) is 12.7. The van der Waals surface area contributed by atoms with Crippen molar-refractivity contribution in [3.05, 3.63) is 71.4 Å². The molecule has 0 radical (unpaired) electrons. The predicted molar refractivity (Wildman–Crippen MR) is 286 cm³/mol. The van der Waals surface area contributed by atoms with Gasteiger partial charge >= 0.3 is 6.18 Å². The zero-order chi connectivity index (χ0) is 59.1. The van der Waals surface area contributed by atoms with Gasteiger partial charge in [-0.15, -0.1) is 0 Å². The number of carbonyl (C=O) groups is 9. The van der Waals surface area contributed by atoms with Gasteiger partial charge in [-0.25, -0.2) is 0 Å². The quantitative estimate of drug-likeness (QED) is 0.0318. The van der Waals surface area contributed by atoms with Crippen LogP contribution in [0.1, 0.15) is 87.8 Å². The van der Waals surface area contributed by atoms with Crippen LogP contribution >= 0.6 is 0 Å². The maximum absolute atomic E-state index is 14.7. The van der Waals surface area contributed by atoms with Crippen LogP contribution in [0.15, 0.2) is 64.7 Å². The highest BCUT2D eigenvalue weighted by molar-refractivity contribution is 5.97. The number of alkyl halides is 3. The summed E-state index contributed by atoms with van der Waals surface area (Å²) in [6.07, 6.45) is -8.31. The number of H-pyrrole nitrogens is 1. The number of halogens is 3. The van der Waals surface area contributed by atoms with Crippen molar-refractivity contribution in [3.8, 4) is 0 Å². The number of primary amides is 2. The summed E-state index contributed by atoms with van der Waals surface area (Å²) in [5.41, 5.74) is 32.7. The highest BCUT2D eigenvalue weighted by Gasteiger charge is 2.38. The fourth-order valence-corrected chi connectivity index (χ4v) is 8.70. The van der Waals surface area contributed by atoms with Crippen LogP contribution in [-0.2, 0) is 62.2 Å². The number of aliphatic imine (C=N–C) groups is 2. The lowest BCUT2D eigenvalue weighted by atomic mass is 9.98. The summed E-state index contributed by atoms with van der Waals surface area (Å²) < 4.78 is 43.6. The molecule has 9 amide bonds. The smallest absolute Gasteiger partial charge is 0.376 e. The number of aromatic nitrogens is 1. The molecule has 1 fully saturated rings. The Morgan fingerprint density at radius 1 is 0.750 bits per heavy atom. The van der Waals surface area contributed by atoms with Gasteiger partial charge in [-0.3, -0.25) is 58.5 Å². The lowest BCUT2D eigenvalue weighted by molar-refractivity contribution is -0.138. The van der Waals surface area contributed by atoms with Gasteiger partial charge in [0.05, 0.1) is 17.6 Å². The van der Waals surface area contributed by atoms with Crippen molar-refractivity contribution in [1.29, 1.82) is 0 Å². The molecule has 0 aliphatic carbocycles. The van der Waals surface area contributed by atoms with Crippen LogP contribution in [0, 0.1) is 0 Å². The number of para-hydroxylation sites is 1. The number of aromatic amines is 1. The van der Waals surface area contributed by atoms with Crippen LogP contribution in [0.2, 0.25) is 0 Å². The first-order valence-corrected chi connectivity index (χ1v) is 25.7. The fraction of sp³-hybridized carbons (Fsp3) is 0.500. The number of guanidine groups is 2. The van der Waals surface area contributed by atoms with E-state index in [0.717, 1.165) is 25.1 Å². The molecule has 4 rings (SSSR count). The molecule has 0 spiro atoms. The summed E-state index contributed by atoms with van der Waals surface area (Å²) in [7, 11) is 0. The van der Waals surface area contributed by atoms with Crippen LogP contribution in [0.5, 0.6) is 0 Å². The average molecular weight is 1130 g/mol. The molecule has 438 valence electrons. The number of carbonyl (C=O) groups excluding carboxylic acids is 9. The maximum atomic E-state index is 14.7. The van der Waals surface area contributed by atoms with Gasteiger partial charge in [-0.05, 0) is 81.0 Å². The number of aliphatic hydroxyl groups excluding tert-OH is 1. The van der Waals surface area contributed by atoms with Gasteiger partial charge in [0.15, 0.2) is 11.9 Å². The number of rotatable bonds is 19. The first-order chi connectivity index (χ1) is 37.8. The van der Waals surface area contributed by atoms with E-state index in [2.05, 4.69) is 57.5 Å². The molecule has 80 heavy (non-hydrogen) atoms. The number of nitrogens with zero attached hydrogens (tertiary/aromatic N) is 2. The third kappa shape index (κ3) is 21.4. The Morgan fingerprint density at radius 2 is 1.36 bits per heavy atom. The largest absolute Gasteiger partial charge is 0.416 e. The molecular weight excluding hydrogens is 1060 g/mol. The molecule has 2 heterocycles. The lowest BCUT2D eigenvalue weighted by Crippen LogP contribution is -2.61. The Kier molecular flexibility index (Phi) is 24.9. The second kappa shape index (κ2) is 31.2. The van der Waals surface area contributed by atoms with Gasteiger partial charge in [0.1, 0.15) is 36.4 Å². The molecule has 8 atom stereocenters. The molecule has 22 N–H and O–H groups in total. The third-order valence-electron chi connectivity index (χ3n) is 12.7. The van der Waals surface area contributed by atoms with Crippen LogP contribution in [-0.4, -0.2) is 143 Å². The molecule has 30 heteroatoms. The van der Waals surface area contributed by atoms with E-state index in [1.807, 2.05) is 0 Å². The molecule has 1 unspecified atom stereocenters. The van der Waals surface area contributed by atoms with Gasteiger partial charge in [0, 0.05) is 62.9 Å². The zero-order valence-corrected chi connectivity index (χ0v) is 44.0. The maximum Gasteiger partial charge on any atom is 0.416 e. The number of aliphatic hydroxyl groups is 1. The first-order valence-electron chi connectivity index (χ1n) is 25.7. The van der Waals surface area contributed by atoms with Crippen LogP contribution < -0.4 is 76.9 Å². The molecule has 1 aliphatic heterocycles. The van der Waals surface area contributed by atoms with Gasteiger partial charge in [0.2, 0.25) is 53.2 Å². The van der Waals surface area contributed by atoms with E-state index >= 15 is 0 Å². The Balaban J connectivity index is 1.85. The molecule has 27 nitrogen and oxygen atoms in total. The van der Waals surface area contributed by atoms with E-state index in [1.54, 1.807) is 30.5 Å². The average Bonchev–Trinajstić information content (AvgIpc) is 3.79. The topological polar surface area (TPSA) is 467 Å². The van der Waals surface area contributed by atoms with E-state index < -0.39 is 138 Å². The number of hydrogen-bond donors (Lipinski definition) is 16. The van der Waals surface area contributed by atoms with Crippen molar-refractivity contribution in [2.45, 2.75) is 139 Å². The Bertz CT molecular complexity index is 2710. The number of fused-ring (bicyclic) bond motifs is 1. The molecule has 3 aromatic rings. The van der Waals surface area contributed by atoms with Crippen LogP contribution in [0.4, 0.5) is 13.2 Å². The van der Waals surface area contributed by atoms with Gasteiger partial charge in [-0.2, -0.15) is 13.2 Å². The normalized spacial score (nSPS) is 21.7. The van der Waals surface area contributed by atoms with Gasteiger partial charge in [0.25, 0.3) is 0 Å². The Hall–Kier alpha value is -8.54. The minimum atomic E-state index is -4.97. The molecule has 0 saturated carbocycles.